The van der Waals surface area contributed by atoms with Gasteiger partial charge in [-0.05, 0) is 45.1 Å². The van der Waals surface area contributed by atoms with Gasteiger partial charge in [0.05, 0.1) is 16.3 Å². The van der Waals surface area contributed by atoms with Crippen molar-refractivity contribution in [1.29, 1.82) is 0 Å². The van der Waals surface area contributed by atoms with E-state index in [2.05, 4.69) is 10.4 Å². The Morgan fingerprint density at radius 3 is 2.59 bits per heavy atom. The first-order valence-electron chi connectivity index (χ1n) is 10.9. The third kappa shape index (κ3) is 5.85. The van der Waals surface area contributed by atoms with Crippen molar-refractivity contribution in [3.63, 3.8) is 0 Å². The van der Waals surface area contributed by atoms with Crippen molar-refractivity contribution >= 4 is 17.5 Å². The van der Waals surface area contributed by atoms with Gasteiger partial charge >= 0.3 is 5.69 Å². The Labute approximate surface area is 191 Å². The number of aliphatic hydroxyl groups is 1. The van der Waals surface area contributed by atoms with Crippen molar-refractivity contribution in [2.45, 2.75) is 51.3 Å². The Balaban J connectivity index is 1.85. The summed E-state index contributed by atoms with van der Waals surface area (Å²) in [6.07, 6.45) is 6.19. The van der Waals surface area contributed by atoms with E-state index in [9.17, 15) is 19.5 Å². The lowest BCUT2D eigenvalue weighted by Crippen LogP contribution is -2.42. The molecule has 1 atom stereocenters. The van der Waals surface area contributed by atoms with Crippen LogP contribution in [0.4, 0.5) is 0 Å². The molecule has 174 valence electrons. The number of amides is 1. The number of nitrogens with zero attached hydrogens (tertiary/aromatic N) is 4. The molecule has 1 aromatic heterocycles. The van der Waals surface area contributed by atoms with Crippen LogP contribution in [0.5, 0.6) is 0 Å². The molecule has 0 aliphatic heterocycles. The minimum Gasteiger partial charge on any atom is -0.373 e. The van der Waals surface area contributed by atoms with Crippen molar-refractivity contribution in [3.8, 4) is 5.69 Å². The maximum atomic E-state index is 12.9. The Morgan fingerprint density at radius 1 is 1.25 bits per heavy atom. The largest absolute Gasteiger partial charge is 0.373 e. The SMILES string of the molecule is CN(C)CCn1c(=O)cnn(-c2ccc(Cl)c(C(=O)NC(O)C3CCCCCC3)c2)c1=O. The zero-order valence-corrected chi connectivity index (χ0v) is 19.2. The predicted molar refractivity (Wildman–Crippen MR) is 122 cm³/mol. The van der Waals surface area contributed by atoms with E-state index < -0.39 is 23.4 Å². The number of aliphatic hydroxyl groups excluding tert-OH is 1. The maximum Gasteiger partial charge on any atom is 0.352 e. The summed E-state index contributed by atoms with van der Waals surface area (Å²) >= 11 is 6.24. The van der Waals surface area contributed by atoms with Gasteiger partial charge in [-0.15, -0.1) is 0 Å². The van der Waals surface area contributed by atoms with Crippen LogP contribution in [0.2, 0.25) is 5.02 Å². The molecule has 1 aliphatic rings. The van der Waals surface area contributed by atoms with E-state index in [1.54, 1.807) is 6.07 Å². The lowest BCUT2D eigenvalue weighted by molar-refractivity contribution is 0.0532. The monoisotopic (exact) mass is 463 g/mol. The van der Waals surface area contributed by atoms with E-state index >= 15 is 0 Å². The van der Waals surface area contributed by atoms with E-state index in [0.717, 1.165) is 54.0 Å². The first-order chi connectivity index (χ1) is 15.3. The second kappa shape index (κ2) is 10.9. The summed E-state index contributed by atoms with van der Waals surface area (Å²) in [7, 11) is 3.69. The highest BCUT2D eigenvalue weighted by Gasteiger charge is 2.24. The van der Waals surface area contributed by atoms with Crippen LogP contribution >= 0.6 is 11.6 Å². The summed E-state index contributed by atoms with van der Waals surface area (Å²) in [6, 6.07) is 4.48. The summed E-state index contributed by atoms with van der Waals surface area (Å²) in [5.41, 5.74) is -0.679. The third-order valence-corrected chi connectivity index (χ3v) is 6.13. The molecule has 1 amide bonds. The van der Waals surface area contributed by atoms with Gasteiger partial charge in [0, 0.05) is 19.0 Å². The molecule has 0 spiro atoms. The Morgan fingerprint density at radius 2 is 1.94 bits per heavy atom. The van der Waals surface area contributed by atoms with Crippen LogP contribution in [0.1, 0.15) is 48.9 Å². The summed E-state index contributed by atoms with van der Waals surface area (Å²) in [4.78, 5) is 39.7. The molecule has 3 rings (SSSR count). The number of aromatic nitrogens is 3. The predicted octanol–water partition coefficient (Wildman–Crippen LogP) is 1.63. The number of rotatable bonds is 7. The second-order valence-corrected chi connectivity index (χ2v) is 8.87. The smallest absolute Gasteiger partial charge is 0.352 e. The molecule has 0 saturated heterocycles. The maximum absolute atomic E-state index is 12.9. The second-order valence-electron chi connectivity index (χ2n) is 8.47. The average molecular weight is 464 g/mol. The minimum atomic E-state index is -0.964. The van der Waals surface area contributed by atoms with Crippen LogP contribution < -0.4 is 16.6 Å². The average Bonchev–Trinajstić information content (AvgIpc) is 3.04. The molecule has 2 N–H and O–H groups in total. The van der Waals surface area contributed by atoms with Crippen LogP contribution in [0.15, 0.2) is 34.0 Å². The summed E-state index contributed by atoms with van der Waals surface area (Å²) in [5, 5.41) is 17.3. The van der Waals surface area contributed by atoms with E-state index in [4.69, 9.17) is 11.6 Å². The van der Waals surface area contributed by atoms with Crippen molar-refractivity contribution in [1.82, 2.24) is 24.6 Å². The highest BCUT2D eigenvalue weighted by atomic mass is 35.5. The molecule has 9 nitrogen and oxygen atoms in total. The minimum absolute atomic E-state index is 0.00736. The van der Waals surface area contributed by atoms with Gasteiger partial charge in [-0.3, -0.25) is 14.2 Å². The Bertz CT molecular complexity index is 1060. The highest BCUT2D eigenvalue weighted by Crippen LogP contribution is 2.25. The van der Waals surface area contributed by atoms with E-state index in [0.29, 0.717) is 12.2 Å². The number of nitrogens with one attached hydrogen (secondary N) is 1. The fourth-order valence-electron chi connectivity index (χ4n) is 3.89. The lowest BCUT2D eigenvalue weighted by Gasteiger charge is -2.22. The Hall–Kier alpha value is -2.49. The molecular formula is C22H30ClN5O4. The topological polar surface area (TPSA) is 109 Å². The number of benzene rings is 1. The molecule has 1 heterocycles. The normalized spacial score (nSPS) is 16.0. The molecule has 0 bridgehead atoms. The molecule has 1 unspecified atom stereocenters. The van der Waals surface area contributed by atoms with Crippen LogP contribution in [0.25, 0.3) is 5.69 Å². The van der Waals surface area contributed by atoms with Gasteiger partial charge < -0.3 is 15.3 Å². The Kier molecular flexibility index (Phi) is 8.22. The first kappa shape index (κ1) is 24.2. The molecule has 1 fully saturated rings. The standard InChI is InChI=1S/C22H30ClN5O4/c1-26(2)11-12-27-19(29)14-24-28(22(27)32)16-9-10-18(23)17(13-16)21(31)25-20(30)15-7-5-3-4-6-8-15/h9-10,13-15,20,30H,3-8,11-12H2,1-2H3,(H,25,31). The highest BCUT2D eigenvalue weighted by molar-refractivity contribution is 6.33. The van der Waals surface area contributed by atoms with Gasteiger partial charge in [-0.2, -0.15) is 9.78 Å². The first-order valence-corrected chi connectivity index (χ1v) is 11.3. The number of likely N-dealkylation sites (N-methyl/N-ethyl adjacent to an activating group) is 1. The van der Waals surface area contributed by atoms with Crippen molar-refractivity contribution in [2.24, 2.45) is 5.92 Å². The van der Waals surface area contributed by atoms with E-state index in [1.807, 2.05) is 19.0 Å². The molecule has 10 heteroatoms. The van der Waals surface area contributed by atoms with Crippen molar-refractivity contribution < 1.29 is 9.90 Å². The number of carbonyl (C=O) groups is 1. The molecule has 1 saturated carbocycles. The molecule has 1 aromatic carbocycles. The molecule has 2 aromatic rings. The zero-order valence-electron chi connectivity index (χ0n) is 18.5. The third-order valence-electron chi connectivity index (χ3n) is 5.80. The molecule has 32 heavy (non-hydrogen) atoms. The number of carbonyl (C=O) groups excluding carboxylic acids is 1. The molecule has 0 radical (unpaired) electrons. The van der Waals surface area contributed by atoms with Crippen LogP contribution in [-0.4, -0.2) is 57.1 Å². The van der Waals surface area contributed by atoms with Gasteiger partial charge in [0.1, 0.15) is 12.4 Å². The van der Waals surface area contributed by atoms with Crippen LogP contribution in [0, 0.1) is 5.92 Å². The lowest BCUT2D eigenvalue weighted by atomic mass is 9.98. The van der Waals surface area contributed by atoms with Crippen molar-refractivity contribution in [2.75, 3.05) is 20.6 Å². The molecular weight excluding hydrogens is 434 g/mol. The van der Waals surface area contributed by atoms with Gasteiger partial charge in [0.15, 0.2) is 0 Å². The summed E-state index contributed by atoms with van der Waals surface area (Å²) < 4.78 is 2.16. The van der Waals surface area contributed by atoms with Gasteiger partial charge in [-0.25, -0.2) is 4.79 Å². The number of halogens is 1. The van der Waals surface area contributed by atoms with Gasteiger partial charge in [-0.1, -0.05) is 37.3 Å². The van der Waals surface area contributed by atoms with Crippen molar-refractivity contribution in [3.05, 3.63) is 55.8 Å². The zero-order chi connectivity index (χ0) is 23.3. The summed E-state index contributed by atoms with van der Waals surface area (Å²) in [5.74, 6) is -0.518. The quantitative estimate of drug-likeness (QED) is 0.477. The van der Waals surface area contributed by atoms with Gasteiger partial charge in [0.2, 0.25) is 0 Å². The van der Waals surface area contributed by atoms with E-state index in [1.165, 1.54) is 12.1 Å². The van der Waals surface area contributed by atoms with Crippen LogP contribution in [-0.2, 0) is 6.54 Å². The fraction of sp³-hybridized carbons (Fsp3) is 0.545. The number of hydrogen-bond donors (Lipinski definition) is 2. The number of hydrogen-bond acceptors (Lipinski definition) is 6. The fourth-order valence-corrected chi connectivity index (χ4v) is 4.10. The van der Waals surface area contributed by atoms with Gasteiger partial charge in [0.25, 0.3) is 11.5 Å². The van der Waals surface area contributed by atoms with Crippen LogP contribution in [0.3, 0.4) is 0 Å². The molecule has 1 aliphatic carbocycles. The van der Waals surface area contributed by atoms with E-state index in [-0.39, 0.29) is 23.0 Å². The summed E-state index contributed by atoms with van der Waals surface area (Å²) in [6.45, 7) is 0.716.